The number of nitro benzene ring substituents is 1. The van der Waals surface area contributed by atoms with Crippen LogP contribution in [0.2, 0.25) is 30.7 Å². The van der Waals surface area contributed by atoms with Crippen molar-refractivity contribution in [1.29, 1.82) is 0 Å². The summed E-state index contributed by atoms with van der Waals surface area (Å²) in [6.45, 7) is 7.74. The van der Waals surface area contributed by atoms with Crippen LogP contribution >= 0.6 is 11.6 Å². The Morgan fingerprint density at radius 2 is 1.93 bits per heavy atom. The van der Waals surface area contributed by atoms with Crippen molar-refractivity contribution in [2.24, 2.45) is 0 Å². The van der Waals surface area contributed by atoms with E-state index in [4.69, 9.17) is 21.1 Å². The summed E-state index contributed by atoms with van der Waals surface area (Å²) in [6, 6.07) is 11.2. The van der Waals surface area contributed by atoms with Crippen LogP contribution < -0.4 is 4.74 Å². The molecule has 148 valence electrons. The molecule has 0 saturated carbocycles. The smallest absolute Gasteiger partial charge is 0.322 e. The van der Waals surface area contributed by atoms with Crippen LogP contribution in [-0.4, -0.2) is 29.4 Å². The predicted molar refractivity (Wildman–Crippen MR) is 112 cm³/mol. The number of para-hydroxylation sites is 1. The first kappa shape index (κ1) is 20.3. The van der Waals surface area contributed by atoms with Crippen molar-refractivity contribution in [2.45, 2.75) is 32.4 Å². The second kappa shape index (κ2) is 8.30. The molecule has 3 rings (SSSR count). The fourth-order valence-electron chi connectivity index (χ4n) is 2.67. The van der Waals surface area contributed by atoms with Crippen molar-refractivity contribution in [3.8, 4) is 11.5 Å². The molecule has 3 aromatic rings. The summed E-state index contributed by atoms with van der Waals surface area (Å²) in [5.74, 6) is 0.471. The maximum Gasteiger partial charge on any atom is 0.322 e. The Kier molecular flexibility index (Phi) is 6.02. The monoisotopic (exact) mass is 419 g/mol. The minimum absolute atomic E-state index is 0.116. The summed E-state index contributed by atoms with van der Waals surface area (Å²) in [5, 5.41) is 16.7. The van der Waals surface area contributed by atoms with Gasteiger partial charge in [-0.05, 0) is 30.3 Å². The summed E-state index contributed by atoms with van der Waals surface area (Å²) in [5.41, 5.74) is 0.469. The Morgan fingerprint density at radius 3 is 2.61 bits per heavy atom. The Morgan fingerprint density at radius 1 is 1.18 bits per heavy atom. The number of fused-ring (bicyclic) bond motifs is 1. The molecule has 0 saturated heterocycles. The fraction of sp³-hybridized carbons (Fsp3) is 0.316. The van der Waals surface area contributed by atoms with Crippen molar-refractivity contribution in [3.63, 3.8) is 0 Å². The van der Waals surface area contributed by atoms with E-state index in [1.165, 1.54) is 6.20 Å². The van der Waals surface area contributed by atoms with Crippen LogP contribution in [-0.2, 0) is 11.5 Å². The molecular formula is C19H22ClN3O4Si. The molecule has 28 heavy (non-hydrogen) atoms. The van der Waals surface area contributed by atoms with Gasteiger partial charge in [-0.15, -0.1) is 0 Å². The first-order chi connectivity index (χ1) is 13.3. The lowest BCUT2D eigenvalue weighted by Crippen LogP contribution is -2.22. The SMILES string of the molecule is C[Si](C)(C)CCOCn1ncc2c([N+](=O)[O-])c(Oc3ccccc3Cl)ccc21. The number of hydrogen-bond acceptors (Lipinski definition) is 5. The normalized spacial score (nSPS) is 11.7. The second-order valence-corrected chi connectivity index (χ2v) is 13.7. The van der Waals surface area contributed by atoms with Gasteiger partial charge in [-0.3, -0.25) is 10.1 Å². The van der Waals surface area contributed by atoms with Gasteiger partial charge in [0.15, 0.2) is 0 Å². The van der Waals surface area contributed by atoms with Crippen molar-refractivity contribution in [2.75, 3.05) is 6.61 Å². The number of nitro groups is 1. The highest BCUT2D eigenvalue weighted by molar-refractivity contribution is 6.76. The van der Waals surface area contributed by atoms with E-state index in [2.05, 4.69) is 24.7 Å². The summed E-state index contributed by atoms with van der Waals surface area (Å²) in [7, 11) is -1.18. The minimum atomic E-state index is -1.18. The fourth-order valence-corrected chi connectivity index (χ4v) is 3.60. The highest BCUT2D eigenvalue weighted by Gasteiger charge is 2.23. The second-order valence-electron chi connectivity index (χ2n) is 7.63. The molecule has 9 heteroatoms. The van der Waals surface area contributed by atoms with Crippen LogP contribution in [0.5, 0.6) is 11.5 Å². The van der Waals surface area contributed by atoms with E-state index in [0.29, 0.717) is 28.3 Å². The lowest BCUT2D eigenvalue weighted by atomic mass is 10.2. The van der Waals surface area contributed by atoms with E-state index in [-0.39, 0.29) is 18.2 Å². The molecule has 0 spiro atoms. The van der Waals surface area contributed by atoms with Crippen molar-refractivity contribution in [1.82, 2.24) is 9.78 Å². The van der Waals surface area contributed by atoms with Gasteiger partial charge in [-0.2, -0.15) is 5.10 Å². The molecule has 2 aromatic carbocycles. The minimum Gasteiger partial charge on any atom is -0.449 e. The van der Waals surface area contributed by atoms with Gasteiger partial charge in [0, 0.05) is 14.7 Å². The van der Waals surface area contributed by atoms with E-state index in [1.54, 1.807) is 41.1 Å². The van der Waals surface area contributed by atoms with Crippen LogP contribution in [0, 0.1) is 10.1 Å². The molecule has 0 aliphatic heterocycles. The molecule has 0 aliphatic rings. The molecule has 0 aliphatic carbocycles. The summed E-state index contributed by atoms with van der Waals surface area (Å²) >= 11 is 6.11. The number of hydrogen-bond donors (Lipinski definition) is 0. The zero-order valence-corrected chi connectivity index (χ0v) is 17.8. The third kappa shape index (κ3) is 4.70. The lowest BCUT2D eigenvalue weighted by Gasteiger charge is -2.15. The first-order valence-electron chi connectivity index (χ1n) is 8.89. The third-order valence-electron chi connectivity index (χ3n) is 4.21. The molecule has 1 aromatic heterocycles. The standard InChI is InChI=1S/C19H22ClN3O4Si/c1-28(2,3)11-10-26-13-22-16-8-9-18(19(23(24)25)14(16)12-21-22)27-17-7-5-4-6-15(17)20/h4-9,12H,10-11,13H2,1-3H3. The molecule has 0 amide bonds. The van der Waals surface area contributed by atoms with Crippen LogP contribution in [0.3, 0.4) is 0 Å². The molecular weight excluding hydrogens is 398 g/mol. The Bertz CT molecular complexity index is 1000. The van der Waals surface area contributed by atoms with Gasteiger partial charge >= 0.3 is 5.69 Å². The van der Waals surface area contributed by atoms with E-state index >= 15 is 0 Å². The molecule has 1 heterocycles. The zero-order chi connectivity index (χ0) is 20.3. The molecule has 0 radical (unpaired) electrons. The van der Waals surface area contributed by atoms with Crippen molar-refractivity contribution < 1.29 is 14.4 Å². The van der Waals surface area contributed by atoms with Crippen LogP contribution in [0.15, 0.2) is 42.6 Å². The number of benzene rings is 2. The Balaban J connectivity index is 1.87. The van der Waals surface area contributed by atoms with Crippen LogP contribution in [0.4, 0.5) is 5.69 Å². The predicted octanol–water partition coefficient (Wildman–Crippen LogP) is 5.70. The third-order valence-corrected chi connectivity index (χ3v) is 6.23. The van der Waals surface area contributed by atoms with E-state index in [0.717, 1.165) is 6.04 Å². The first-order valence-corrected chi connectivity index (χ1v) is 13.0. The highest BCUT2D eigenvalue weighted by atomic mass is 35.5. The van der Waals surface area contributed by atoms with Gasteiger partial charge in [0.2, 0.25) is 5.75 Å². The number of halogens is 1. The summed E-state index contributed by atoms with van der Waals surface area (Å²) in [6.07, 6.45) is 1.47. The van der Waals surface area contributed by atoms with Gasteiger partial charge in [-0.25, -0.2) is 4.68 Å². The van der Waals surface area contributed by atoms with Gasteiger partial charge in [0.05, 0.1) is 21.7 Å². The molecule has 0 atom stereocenters. The summed E-state index contributed by atoms with van der Waals surface area (Å²) < 4.78 is 13.1. The molecule has 0 bridgehead atoms. The zero-order valence-electron chi connectivity index (χ0n) is 16.0. The Hall–Kier alpha value is -2.42. The quantitative estimate of drug-likeness (QED) is 0.202. The van der Waals surface area contributed by atoms with E-state index in [9.17, 15) is 10.1 Å². The average Bonchev–Trinajstić information content (AvgIpc) is 3.02. The molecule has 7 nitrogen and oxygen atoms in total. The average molecular weight is 420 g/mol. The lowest BCUT2D eigenvalue weighted by molar-refractivity contribution is -0.383. The largest absolute Gasteiger partial charge is 0.449 e. The summed E-state index contributed by atoms with van der Waals surface area (Å²) in [4.78, 5) is 11.3. The van der Waals surface area contributed by atoms with Gasteiger partial charge in [0.1, 0.15) is 17.9 Å². The molecule has 0 unspecified atom stereocenters. The number of ether oxygens (including phenoxy) is 2. The molecule has 0 N–H and O–H groups in total. The van der Waals surface area contributed by atoms with Gasteiger partial charge < -0.3 is 9.47 Å². The maximum atomic E-state index is 11.7. The highest BCUT2D eigenvalue weighted by Crippen LogP contribution is 2.39. The Labute approximate surface area is 169 Å². The number of nitrogens with zero attached hydrogens (tertiary/aromatic N) is 3. The van der Waals surface area contributed by atoms with Crippen molar-refractivity contribution in [3.05, 3.63) is 57.7 Å². The van der Waals surface area contributed by atoms with E-state index < -0.39 is 13.0 Å². The van der Waals surface area contributed by atoms with E-state index in [1.807, 2.05) is 0 Å². The van der Waals surface area contributed by atoms with Gasteiger partial charge in [-0.1, -0.05) is 43.4 Å². The van der Waals surface area contributed by atoms with Crippen molar-refractivity contribution >= 4 is 36.3 Å². The van der Waals surface area contributed by atoms with Crippen LogP contribution in [0.1, 0.15) is 0 Å². The topological polar surface area (TPSA) is 79.4 Å². The number of rotatable bonds is 8. The maximum absolute atomic E-state index is 11.7. The van der Waals surface area contributed by atoms with Crippen LogP contribution in [0.25, 0.3) is 10.9 Å². The number of aromatic nitrogens is 2. The molecule has 0 fully saturated rings. The van der Waals surface area contributed by atoms with Gasteiger partial charge in [0.25, 0.3) is 0 Å².